The maximum atomic E-state index is 13.1. The Bertz CT molecular complexity index is 1050. The van der Waals surface area contributed by atoms with Gasteiger partial charge < -0.3 is 5.32 Å². The van der Waals surface area contributed by atoms with Crippen LogP contribution < -0.4 is 5.32 Å². The van der Waals surface area contributed by atoms with E-state index >= 15 is 0 Å². The Morgan fingerprint density at radius 3 is 2.29 bits per heavy atom. The van der Waals surface area contributed by atoms with Gasteiger partial charge in [0.15, 0.2) is 0 Å². The van der Waals surface area contributed by atoms with Crippen LogP contribution in [0.5, 0.6) is 0 Å². The lowest BCUT2D eigenvalue weighted by Gasteiger charge is -2.25. The predicted octanol–water partition coefficient (Wildman–Crippen LogP) is 4.62. The van der Waals surface area contributed by atoms with E-state index in [0.717, 1.165) is 33.6 Å². The highest BCUT2D eigenvalue weighted by Gasteiger charge is 2.40. The summed E-state index contributed by atoms with van der Waals surface area (Å²) in [6.45, 7) is 4.00. The second-order valence-corrected chi connectivity index (χ2v) is 9.34. The van der Waals surface area contributed by atoms with Gasteiger partial charge in [-0.15, -0.1) is 0 Å². The molecule has 1 saturated heterocycles. The van der Waals surface area contributed by atoms with E-state index < -0.39 is 38.6 Å². The summed E-state index contributed by atoms with van der Waals surface area (Å²) < 4.78 is 66.4. The number of sulfonamides is 1. The maximum absolute atomic E-state index is 13.1. The number of nitrogens with zero attached hydrogens (tertiary/aromatic N) is 1. The highest BCUT2D eigenvalue weighted by atomic mass is 32.2. The third-order valence-corrected chi connectivity index (χ3v) is 7.43. The summed E-state index contributed by atoms with van der Waals surface area (Å²) >= 11 is 0. The van der Waals surface area contributed by atoms with Crippen LogP contribution in [-0.4, -0.2) is 31.2 Å². The van der Waals surface area contributed by atoms with Crippen molar-refractivity contribution in [1.29, 1.82) is 0 Å². The van der Waals surface area contributed by atoms with Crippen LogP contribution in [0.1, 0.15) is 43.4 Å². The number of hydrogen-bond donors (Lipinski definition) is 1. The fourth-order valence-corrected chi connectivity index (χ4v) is 5.57. The highest BCUT2D eigenvalue weighted by molar-refractivity contribution is 7.89. The molecule has 0 aromatic heterocycles. The molecule has 5 nitrogen and oxygen atoms in total. The number of alkyl halides is 3. The first kappa shape index (κ1) is 23.3. The zero-order chi connectivity index (χ0) is 22.8. The Morgan fingerprint density at radius 1 is 1.10 bits per heavy atom. The van der Waals surface area contributed by atoms with Crippen LogP contribution in [0.3, 0.4) is 0 Å². The van der Waals surface area contributed by atoms with Crippen LogP contribution in [0.15, 0.2) is 47.4 Å². The van der Waals surface area contributed by atoms with E-state index in [0.29, 0.717) is 37.4 Å². The molecule has 1 aliphatic heterocycles. The number of halogens is 3. The van der Waals surface area contributed by atoms with E-state index in [4.69, 9.17) is 0 Å². The fourth-order valence-electron chi connectivity index (χ4n) is 3.87. The van der Waals surface area contributed by atoms with Crippen LogP contribution >= 0.6 is 0 Å². The number of carbonyl (C=O) groups excluding carboxylic acids is 1. The van der Waals surface area contributed by atoms with Gasteiger partial charge in [0, 0.05) is 12.2 Å². The molecule has 31 heavy (non-hydrogen) atoms. The van der Waals surface area contributed by atoms with Crippen molar-refractivity contribution in [3.8, 4) is 0 Å². The van der Waals surface area contributed by atoms with Crippen molar-refractivity contribution >= 4 is 21.6 Å². The Hall–Kier alpha value is -2.39. The van der Waals surface area contributed by atoms with E-state index in [9.17, 15) is 26.4 Å². The fraction of sp³-hybridized carbons (Fsp3) is 0.409. The van der Waals surface area contributed by atoms with Crippen LogP contribution in [0.4, 0.5) is 18.9 Å². The number of amides is 1. The normalized spacial score (nSPS) is 17.6. The molecule has 1 aliphatic rings. The molecule has 9 heteroatoms. The molecule has 2 aromatic carbocycles. The minimum absolute atomic E-state index is 0.0761. The van der Waals surface area contributed by atoms with Gasteiger partial charge in [-0.05, 0) is 55.0 Å². The highest BCUT2D eigenvalue weighted by Crippen LogP contribution is 2.33. The molecule has 0 unspecified atom stereocenters. The third-order valence-electron chi connectivity index (χ3n) is 5.52. The van der Waals surface area contributed by atoms with E-state index in [-0.39, 0.29) is 6.54 Å². The summed E-state index contributed by atoms with van der Waals surface area (Å²) in [4.78, 5) is 12.6. The van der Waals surface area contributed by atoms with E-state index in [1.165, 1.54) is 0 Å². The van der Waals surface area contributed by atoms with Crippen LogP contribution in [-0.2, 0) is 33.8 Å². The Morgan fingerprint density at radius 2 is 1.71 bits per heavy atom. The molecule has 0 aliphatic carbocycles. The van der Waals surface area contributed by atoms with Gasteiger partial charge in [0.2, 0.25) is 15.9 Å². The number of carbonyl (C=O) groups is 1. The van der Waals surface area contributed by atoms with Gasteiger partial charge in [-0.2, -0.15) is 17.5 Å². The SMILES string of the molecule is CCc1cccc(CC)c1NC(=O)[C@@H]1CCCN1S(=O)(=O)c1cccc(C(F)(F)F)c1. The summed E-state index contributed by atoms with van der Waals surface area (Å²) in [6, 6.07) is 8.36. The molecule has 3 rings (SSSR count). The van der Waals surface area contributed by atoms with Crippen molar-refractivity contribution in [3.05, 3.63) is 59.2 Å². The molecular formula is C22H25F3N2O3S. The van der Waals surface area contributed by atoms with E-state index in [1.807, 2.05) is 32.0 Å². The first-order valence-electron chi connectivity index (χ1n) is 10.2. The molecule has 0 bridgehead atoms. The minimum Gasteiger partial charge on any atom is -0.324 e. The van der Waals surface area contributed by atoms with Gasteiger partial charge in [-0.25, -0.2) is 8.42 Å². The van der Waals surface area contributed by atoms with Crippen LogP contribution in [0.2, 0.25) is 0 Å². The lowest BCUT2D eigenvalue weighted by Crippen LogP contribution is -2.43. The standard InChI is InChI=1S/C22H25F3N2O3S/c1-3-15-8-5-9-16(4-2)20(15)26-21(28)19-12-7-13-27(19)31(29,30)18-11-6-10-17(14-18)22(23,24)25/h5-6,8-11,14,19H,3-4,7,12-13H2,1-2H3,(H,26,28)/t19-/m0/s1. The number of benzene rings is 2. The summed E-state index contributed by atoms with van der Waals surface area (Å²) in [7, 11) is -4.27. The zero-order valence-electron chi connectivity index (χ0n) is 17.4. The molecule has 1 N–H and O–H groups in total. The summed E-state index contributed by atoms with van der Waals surface area (Å²) in [5.41, 5.74) is 1.52. The Kier molecular flexibility index (Phi) is 6.76. The van der Waals surface area contributed by atoms with Gasteiger partial charge in [0.1, 0.15) is 6.04 Å². The van der Waals surface area contributed by atoms with Gasteiger partial charge >= 0.3 is 6.18 Å². The number of aryl methyl sites for hydroxylation is 2. The average molecular weight is 455 g/mol. The Balaban J connectivity index is 1.90. The smallest absolute Gasteiger partial charge is 0.324 e. The molecule has 1 heterocycles. The van der Waals surface area contributed by atoms with Crippen LogP contribution in [0, 0.1) is 0 Å². The number of rotatable bonds is 6. The van der Waals surface area contributed by atoms with Crippen molar-refractivity contribution in [1.82, 2.24) is 4.31 Å². The molecule has 2 aromatic rings. The number of hydrogen-bond acceptors (Lipinski definition) is 3. The van der Waals surface area contributed by atoms with Gasteiger partial charge in [0.05, 0.1) is 10.5 Å². The van der Waals surface area contributed by atoms with E-state index in [2.05, 4.69) is 5.32 Å². The summed E-state index contributed by atoms with van der Waals surface area (Å²) in [6.07, 6.45) is -2.51. The van der Waals surface area contributed by atoms with Crippen molar-refractivity contribution in [2.24, 2.45) is 0 Å². The largest absolute Gasteiger partial charge is 0.416 e. The monoisotopic (exact) mass is 454 g/mol. The Labute approximate surface area is 180 Å². The number of para-hydroxylation sites is 1. The topological polar surface area (TPSA) is 66.5 Å². The van der Waals surface area contributed by atoms with Gasteiger partial charge in [-0.3, -0.25) is 4.79 Å². The van der Waals surface area contributed by atoms with Crippen molar-refractivity contribution in [3.63, 3.8) is 0 Å². The molecule has 0 saturated carbocycles. The summed E-state index contributed by atoms with van der Waals surface area (Å²) in [5, 5.41) is 2.89. The molecule has 0 spiro atoms. The average Bonchev–Trinajstić information content (AvgIpc) is 3.24. The molecule has 168 valence electrons. The molecular weight excluding hydrogens is 429 g/mol. The minimum atomic E-state index is -4.66. The van der Waals surface area contributed by atoms with Crippen molar-refractivity contribution < 1.29 is 26.4 Å². The van der Waals surface area contributed by atoms with Crippen LogP contribution in [0.25, 0.3) is 0 Å². The predicted molar refractivity (Wildman–Crippen MR) is 112 cm³/mol. The van der Waals surface area contributed by atoms with Crippen molar-refractivity contribution in [2.75, 3.05) is 11.9 Å². The lowest BCUT2D eigenvalue weighted by atomic mass is 10.0. The summed E-state index contributed by atoms with van der Waals surface area (Å²) in [5.74, 6) is -0.469. The van der Waals surface area contributed by atoms with Gasteiger partial charge in [0.25, 0.3) is 0 Å². The molecule has 1 atom stereocenters. The quantitative estimate of drug-likeness (QED) is 0.693. The maximum Gasteiger partial charge on any atom is 0.416 e. The second kappa shape index (κ2) is 9.00. The lowest BCUT2D eigenvalue weighted by molar-refractivity contribution is -0.137. The zero-order valence-corrected chi connectivity index (χ0v) is 18.2. The molecule has 0 radical (unpaired) electrons. The van der Waals surface area contributed by atoms with Crippen molar-refractivity contribution in [2.45, 2.75) is 56.6 Å². The first-order chi connectivity index (χ1) is 14.6. The number of nitrogens with one attached hydrogen (secondary N) is 1. The number of anilines is 1. The first-order valence-corrected chi connectivity index (χ1v) is 11.6. The van der Waals surface area contributed by atoms with Gasteiger partial charge in [-0.1, -0.05) is 38.1 Å². The van der Waals surface area contributed by atoms with E-state index in [1.54, 1.807) is 0 Å². The third kappa shape index (κ3) is 4.77. The molecule has 1 amide bonds. The second-order valence-electron chi connectivity index (χ2n) is 7.45. The molecule has 1 fully saturated rings.